The standard InChI is InChI=1S/C10H13N5.C6H12.C5H3ClN4/c1-7-3-2-4-15(7)10-8(5-11)13-6-9(12)14-10;1-6-4-2-3-5-6;6-5-3(1-7)9-2-4(8)10-5/h6-7H,2-4H2,1H3,(H2,12,14);6H,2-5H2,1H3;2H,(H2,8,10)/t7-;;/m0../s1. The van der Waals surface area contributed by atoms with Gasteiger partial charge in [0, 0.05) is 12.6 Å². The van der Waals surface area contributed by atoms with Crippen LogP contribution in [0.25, 0.3) is 0 Å². The molecule has 3 heterocycles. The highest BCUT2D eigenvalue weighted by atomic mass is 35.5. The van der Waals surface area contributed by atoms with Gasteiger partial charge in [0.15, 0.2) is 22.4 Å². The van der Waals surface area contributed by atoms with E-state index in [0.717, 1.165) is 25.3 Å². The second-order valence-electron chi connectivity index (χ2n) is 7.70. The van der Waals surface area contributed by atoms with Crippen LogP contribution in [0.1, 0.15) is 63.8 Å². The number of nitrogen functional groups attached to an aromatic ring is 2. The van der Waals surface area contributed by atoms with Gasteiger partial charge < -0.3 is 16.4 Å². The number of aromatic nitrogens is 4. The molecule has 31 heavy (non-hydrogen) atoms. The monoisotopic (exact) mass is 441 g/mol. The van der Waals surface area contributed by atoms with Crippen LogP contribution >= 0.6 is 11.6 Å². The normalized spacial score (nSPS) is 17.6. The lowest BCUT2D eigenvalue weighted by Crippen LogP contribution is -2.28. The molecule has 1 saturated carbocycles. The van der Waals surface area contributed by atoms with E-state index < -0.39 is 0 Å². The molecule has 0 aromatic carbocycles. The molecule has 0 spiro atoms. The van der Waals surface area contributed by atoms with Gasteiger partial charge in [-0.3, -0.25) is 0 Å². The first kappa shape index (κ1) is 24.1. The Balaban J connectivity index is 0.000000183. The van der Waals surface area contributed by atoms with Gasteiger partial charge in [-0.25, -0.2) is 19.9 Å². The van der Waals surface area contributed by atoms with Crippen molar-refractivity contribution in [3.05, 3.63) is 28.9 Å². The molecule has 2 aromatic rings. The van der Waals surface area contributed by atoms with Gasteiger partial charge in [-0.05, 0) is 25.7 Å². The van der Waals surface area contributed by atoms with Crippen molar-refractivity contribution in [2.24, 2.45) is 5.92 Å². The number of hydrogen-bond donors (Lipinski definition) is 2. The summed E-state index contributed by atoms with van der Waals surface area (Å²) in [6, 6.07) is 4.22. The molecule has 2 fully saturated rings. The number of nitrogens with zero attached hydrogens (tertiary/aromatic N) is 7. The van der Waals surface area contributed by atoms with Crippen molar-refractivity contribution < 1.29 is 0 Å². The predicted molar refractivity (Wildman–Crippen MR) is 121 cm³/mol. The molecule has 2 aliphatic rings. The fraction of sp³-hybridized carbons (Fsp3) is 0.524. The Labute approximate surface area is 188 Å². The minimum Gasteiger partial charge on any atom is -0.382 e. The number of halogens is 1. The topological polar surface area (TPSA) is 154 Å². The minimum absolute atomic E-state index is 0.0440. The fourth-order valence-corrected chi connectivity index (χ4v) is 3.69. The van der Waals surface area contributed by atoms with E-state index in [-0.39, 0.29) is 16.7 Å². The van der Waals surface area contributed by atoms with Crippen molar-refractivity contribution >= 4 is 29.1 Å². The molecular formula is C21H28ClN9. The van der Waals surface area contributed by atoms with E-state index in [9.17, 15) is 0 Å². The Kier molecular flexibility index (Phi) is 9.23. The molecule has 164 valence electrons. The van der Waals surface area contributed by atoms with E-state index >= 15 is 0 Å². The first-order valence-electron chi connectivity index (χ1n) is 10.3. The Morgan fingerprint density at radius 1 is 0.935 bits per heavy atom. The largest absolute Gasteiger partial charge is 0.382 e. The number of nitriles is 2. The van der Waals surface area contributed by atoms with Crippen LogP contribution in [0.4, 0.5) is 17.5 Å². The van der Waals surface area contributed by atoms with Crippen molar-refractivity contribution in [2.75, 3.05) is 22.9 Å². The summed E-state index contributed by atoms with van der Waals surface area (Å²) >= 11 is 5.45. The van der Waals surface area contributed by atoms with E-state index in [1.165, 1.54) is 38.1 Å². The Morgan fingerprint density at radius 2 is 1.52 bits per heavy atom. The van der Waals surface area contributed by atoms with E-state index in [1.807, 2.05) is 6.07 Å². The van der Waals surface area contributed by atoms with Crippen LogP contribution < -0.4 is 16.4 Å². The maximum atomic E-state index is 8.94. The maximum absolute atomic E-state index is 8.94. The van der Waals surface area contributed by atoms with Gasteiger partial charge in [0.2, 0.25) is 0 Å². The van der Waals surface area contributed by atoms with Crippen molar-refractivity contribution in [1.82, 2.24) is 19.9 Å². The summed E-state index contributed by atoms with van der Waals surface area (Å²) < 4.78 is 0. The second-order valence-corrected chi connectivity index (χ2v) is 8.06. The Morgan fingerprint density at radius 3 is 1.97 bits per heavy atom. The number of anilines is 3. The van der Waals surface area contributed by atoms with E-state index in [4.69, 9.17) is 33.6 Å². The predicted octanol–water partition coefficient (Wildman–Crippen LogP) is 3.70. The van der Waals surface area contributed by atoms with Gasteiger partial charge in [-0.15, -0.1) is 0 Å². The van der Waals surface area contributed by atoms with Gasteiger partial charge in [0.25, 0.3) is 0 Å². The van der Waals surface area contributed by atoms with Crippen molar-refractivity contribution in [1.29, 1.82) is 10.5 Å². The minimum atomic E-state index is 0.0440. The smallest absolute Gasteiger partial charge is 0.183 e. The first-order chi connectivity index (χ1) is 14.8. The molecule has 0 radical (unpaired) electrons. The first-order valence-corrected chi connectivity index (χ1v) is 10.7. The lowest BCUT2D eigenvalue weighted by atomic mass is 10.2. The van der Waals surface area contributed by atoms with Crippen molar-refractivity contribution in [3.63, 3.8) is 0 Å². The van der Waals surface area contributed by atoms with Crippen LogP contribution in [0.15, 0.2) is 12.4 Å². The molecule has 9 nitrogen and oxygen atoms in total. The third-order valence-electron chi connectivity index (χ3n) is 5.20. The average molecular weight is 442 g/mol. The van der Waals surface area contributed by atoms with E-state index in [2.05, 4.69) is 38.7 Å². The molecule has 10 heteroatoms. The molecule has 1 saturated heterocycles. The summed E-state index contributed by atoms with van der Waals surface area (Å²) in [4.78, 5) is 17.5. The summed E-state index contributed by atoms with van der Waals surface area (Å²) in [5.41, 5.74) is 11.3. The third kappa shape index (κ3) is 7.23. The average Bonchev–Trinajstić information content (AvgIpc) is 3.40. The van der Waals surface area contributed by atoms with Crippen LogP contribution in [0.5, 0.6) is 0 Å². The van der Waals surface area contributed by atoms with Gasteiger partial charge in [-0.1, -0.05) is 44.2 Å². The summed E-state index contributed by atoms with van der Waals surface area (Å²) in [5, 5.41) is 17.3. The van der Waals surface area contributed by atoms with Gasteiger partial charge in [0.05, 0.1) is 12.4 Å². The van der Waals surface area contributed by atoms with Crippen LogP contribution in [-0.2, 0) is 0 Å². The number of rotatable bonds is 1. The molecule has 1 aliphatic heterocycles. The molecule has 4 rings (SSSR count). The van der Waals surface area contributed by atoms with E-state index in [0.29, 0.717) is 23.4 Å². The zero-order valence-electron chi connectivity index (χ0n) is 17.9. The van der Waals surface area contributed by atoms with Crippen LogP contribution in [0, 0.1) is 28.6 Å². The molecular weight excluding hydrogens is 414 g/mol. The zero-order valence-corrected chi connectivity index (χ0v) is 18.7. The van der Waals surface area contributed by atoms with Gasteiger partial charge in [0.1, 0.15) is 23.8 Å². The zero-order chi connectivity index (χ0) is 22.8. The molecule has 0 amide bonds. The molecule has 4 N–H and O–H groups in total. The van der Waals surface area contributed by atoms with Crippen molar-refractivity contribution in [2.45, 2.75) is 58.4 Å². The maximum Gasteiger partial charge on any atom is 0.183 e. The molecule has 1 aliphatic carbocycles. The Bertz CT molecular complexity index is 945. The molecule has 1 atom stereocenters. The highest BCUT2D eigenvalue weighted by Gasteiger charge is 2.24. The molecule has 2 aromatic heterocycles. The lowest BCUT2D eigenvalue weighted by molar-refractivity contribution is 0.612. The summed E-state index contributed by atoms with van der Waals surface area (Å²) in [7, 11) is 0. The fourth-order valence-electron chi connectivity index (χ4n) is 3.50. The summed E-state index contributed by atoms with van der Waals surface area (Å²) in [6.45, 7) is 5.39. The summed E-state index contributed by atoms with van der Waals surface area (Å²) in [6.07, 6.45) is 10.9. The van der Waals surface area contributed by atoms with Gasteiger partial charge in [-0.2, -0.15) is 10.5 Å². The van der Waals surface area contributed by atoms with E-state index in [1.54, 1.807) is 6.07 Å². The SMILES string of the molecule is CC1CCCC1.C[C@H]1CCCN1c1nc(N)cnc1C#N.N#Cc1ncc(N)nc1Cl. The Hall–Kier alpha value is -3.17. The van der Waals surface area contributed by atoms with Crippen LogP contribution in [-0.4, -0.2) is 32.5 Å². The van der Waals surface area contributed by atoms with Crippen LogP contribution in [0.2, 0.25) is 5.15 Å². The second kappa shape index (κ2) is 11.9. The van der Waals surface area contributed by atoms with Crippen molar-refractivity contribution in [3.8, 4) is 12.1 Å². The number of nitrogens with two attached hydrogens (primary N) is 2. The summed E-state index contributed by atoms with van der Waals surface area (Å²) in [5.74, 6) is 2.25. The highest BCUT2D eigenvalue weighted by Crippen LogP contribution is 2.26. The van der Waals surface area contributed by atoms with Gasteiger partial charge >= 0.3 is 0 Å². The third-order valence-corrected chi connectivity index (χ3v) is 5.47. The van der Waals surface area contributed by atoms with Crippen LogP contribution in [0.3, 0.4) is 0 Å². The molecule has 0 bridgehead atoms. The molecule has 0 unspecified atom stereocenters. The quantitative estimate of drug-likeness (QED) is 0.673. The highest BCUT2D eigenvalue weighted by molar-refractivity contribution is 6.30. The number of hydrogen-bond acceptors (Lipinski definition) is 9. The lowest BCUT2D eigenvalue weighted by Gasteiger charge is -2.22.